The largest absolute Gasteiger partial charge is 0.494 e. The molecule has 2 rings (SSSR count). The van der Waals surface area contributed by atoms with Crippen LogP contribution in [0.4, 0.5) is 0 Å². The maximum absolute atomic E-state index is 9.00. The fourth-order valence-electron chi connectivity index (χ4n) is 1.66. The van der Waals surface area contributed by atoms with E-state index in [0.29, 0.717) is 17.9 Å². The zero-order valence-electron chi connectivity index (χ0n) is 9.84. The van der Waals surface area contributed by atoms with Crippen molar-refractivity contribution in [3.8, 4) is 23.1 Å². The average molecular weight is 227 g/mol. The second-order valence-corrected chi connectivity index (χ2v) is 3.63. The lowest BCUT2D eigenvalue weighted by molar-refractivity contribution is 0.340. The van der Waals surface area contributed by atoms with Gasteiger partial charge in [0.15, 0.2) is 0 Å². The lowest BCUT2D eigenvalue weighted by Gasteiger charge is -2.03. The molecule has 0 aliphatic rings. The molecule has 1 aromatic heterocycles. The second kappa shape index (κ2) is 4.71. The molecule has 4 nitrogen and oxygen atoms in total. The first-order valence-electron chi connectivity index (χ1n) is 5.41. The molecule has 0 saturated carbocycles. The van der Waals surface area contributed by atoms with Gasteiger partial charge in [0.2, 0.25) is 0 Å². The molecule has 0 aliphatic carbocycles. The van der Waals surface area contributed by atoms with E-state index in [1.165, 1.54) is 0 Å². The molecule has 0 amide bonds. The Morgan fingerprint density at radius 3 is 2.65 bits per heavy atom. The minimum Gasteiger partial charge on any atom is -0.494 e. The Balaban J connectivity index is 2.36. The molecule has 86 valence electrons. The Hall–Kier alpha value is -2.28. The fraction of sp³-hybridized carbons (Fsp3) is 0.231. The molecule has 2 aromatic rings. The predicted molar refractivity (Wildman–Crippen MR) is 64.5 cm³/mol. The third-order valence-corrected chi connectivity index (χ3v) is 2.39. The van der Waals surface area contributed by atoms with E-state index in [0.717, 1.165) is 11.3 Å². The molecule has 0 N–H and O–H groups in total. The van der Waals surface area contributed by atoms with Crippen molar-refractivity contribution < 1.29 is 4.74 Å². The molecule has 0 atom stereocenters. The van der Waals surface area contributed by atoms with Gasteiger partial charge in [-0.05, 0) is 31.2 Å². The Labute approximate surface area is 100 Å². The first kappa shape index (κ1) is 11.2. The van der Waals surface area contributed by atoms with Crippen LogP contribution in [0.5, 0.6) is 5.75 Å². The van der Waals surface area contributed by atoms with Crippen LogP contribution in [0.2, 0.25) is 0 Å². The zero-order valence-corrected chi connectivity index (χ0v) is 9.84. The van der Waals surface area contributed by atoms with Crippen LogP contribution in [-0.4, -0.2) is 16.4 Å². The smallest absolute Gasteiger partial charge is 0.119 e. The van der Waals surface area contributed by atoms with Gasteiger partial charge in [0.05, 0.1) is 12.2 Å². The summed E-state index contributed by atoms with van der Waals surface area (Å²) in [6, 6.07) is 9.73. The molecule has 1 heterocycles. The van der Waals surface area contributed by atoms with Crippen molar-refractivity contribution >= 4 is 0 Å². The lowest BCUT2D eigenvalue weighted by Crippen LogP contribution is -1.91. The first-order valence-corrected chi connectivity index (χ1v) is 5.41. The normalized spacial score (nSPS) is 9.94. The second-order valence-electron chi connectivity index (χ2n) is 3.63. The Bertz CT molecular complexity index is 549. The molecule has 0 fully saturated rings. The van der Waals surface area contributed by atoms with Crippen molar-refractivity contribution in [1.82, 2.24) is 9.78 Å². The van der Waals surface area contributed by atoms with E-state index in [1.54, 1.807) is 17.9 Å². The summed E-state index contributed by atoms with van der Waals surface area (Å²) in [5.74, 6) is 0.825. The number of benzene rings is 1. The van der Waals surface area contributed by atoms with Gasteiger partial charge in [-0.1, -0.05) is 0 Å². The summed E-state index contributed by atoms with van der Waals surface area (Å²) in [5, 5.41) is 13.3. The van der Waals surface area contributed by atoms with Crippen molar-refractivity contribution in [3.05, 3.63) is 36.0 Å². The van der Waals surface area contributed by atoms with E-state index in [-0.39, 0.29) is 0 Å². The first-order chi connectivity index (χ1) is 8.24. The number of hydrogen-bond acceptors (Lipinski definition) is 3. The third kappa shape index (κ3) is 2.28. The highest BCUT2D eigenvalue weighted by Crippen LogP contribution is 2.23. The number of nitrogens with zero attached hydrogens (tertiary/aromatic N) is 3. The maximum Gasteiger partial charge on any atom is 0.119 e. The van der Waals surface area contributed by atoms with Gasteiger partial charge in [0.1, 0.15) is 17.5 Å². The number of ether oxygens (including phenoxy) is 1. The summed E-state index contributed by atoms with van der Waals surface area (Å²) in [6.07, 6.45) is 1.71. The van der Waals surface area contributed by atoms with Crippen molar-refractivity contribution in [2.24, 2.45) is 7.05 Å². The van der Waals surface area contributed by atoms with Gasteiger partial charge in [0.25, 0.3) is 0 Å². The van der Waals surface area contributed by atoms with Crippen molar-refractivity contribution in [3.63, 3.8) is 0 Å². The summed E-state index contributed by atoms with van der Waals surface area (Å²) < 4.78 is 7.01. The molecule has 4 heteroatoms. The highest BCUT2D eigenvalue weighted by molar-refractivity contribution is 5.66. The highest BCUT2D eigenvalue weighted by atomic mass is 16.5. The minimum atomic E-state index is 0.580. The van der Waals surface area contributed by atoms with Crippen LogP contribution in [-0.2, 0) is 7.05 Å². The molecule has 1 aromatic carbocycles. The van der Waals surface area contributed by atoms with Crippen molar-refractivity contribution in [1.29, 1.82) is 5.26 Å². The van der Waals surface area contributed by atoms with Gasteiger partial charge >= 0.3 is 0 Å². The van der Waals surface area contributed by atoms with Crippen LogP contribution in [0.15, 0.2) is 30.5 Å². The van der Waals surface area contributed by atoms with E-state index < -0.39 is 0 Å². The summed E-state index contributed by atoms with van der Waals surface area (Å²) >= 11 is 0. The van der Waals surface area contributed by atoms with Crippen LogP contribution >= 0.6 is 0 Å². The topological polar surface area (TPSA) is 50.8 Å². The minimum absolute atomic E-state index is 0.580. The van der Waals surface area contributed by atoms with E-state index >= 15 is 0 Å². The van der Waals surface area contributed by atoms with Gasteiger partial charge < -0.3 is 4.74 Å². The van der Waals surface area contributed by atoms with Crippen LogP contribution < -0.4 is 4.74 Å². The van der Waals surface area contributed by atoms with Gasteiger partial charge in [-0.2, -0.15) is 10.4 Å². The Morgan fingerprint density at radius 1 is 1.35 bits per heavy atom. The summed E-state index contributed by atoms with van der Waals surface area (Å²) in [5.41, 5.74) is 2.21. The molecular weight excluding hydrogens is 214 g/mol. The predicted octanol–water partition coefficient (Wildman–Crippen LogP) is 2.36. The monoisotopic (exact) mass is 227 g/mol. The van der Waals surface area contributed by atoms with E-state index in [1.807, 2.05) is 31.2 Å². The number of nitriles is 1. The molecule has 0 spiro atoms. The average Bonchev–Trinajstić information content (AvgIpc) is 2.72. The van der Waals surface area contributed by atoms with Gasteiger partial charge in [-0.25, -0.2) is 0 Å². The number of hydrogen-bond donors (Lipinski definition) is 0. The SMILES string of the molecule is CCOc1ccc(-c2nn(C)cc2C#N)cc1. The Morgan fingerprint density at radius 2 is 2.06 bits per heavy atom. The van der Waals surface area contributed by atoms with E-state index in [9.17, 15) is 0 Å². The maximum atomic E-state index is 9.00. The van der Waals surface area contributed by atoms with Gasteiger partial charge in [-0.15, -0.1) is 0 Å². The molecule has 0 bridgehead atoms. The lowest BCUT2D eigenvalue weighted by atomic mass is 10.1. The summed E-state index contributed by atoms with van der Waals surface area (Å²) in [4.78, 5) is 0. The van der Waals surface area contributed by atoms with Crippen LogP contribution in [0, 0.1) is 11.3 Å². The van der Waals surface area contributed by atoms with Crippen LogP contribution in [0.3, 0.4) is 0 Å². The van der Waals surface area contributed by atoms with Crippen molar-refractivity contribution in [2.75, 3.05) is 6.61 Å². The molecular formula is C13H13N3O. The Kier molecular flexibility index (Phi) is 3.10. The molecule has 0 saturated heterocycles. The highest BCUT2D eigenvalue weighted by Gasteiger charge is 2.09. The van der Waals surface area contributed by atoms with Crippen molar-refractivity contribution in [2.45, 2.75) is 6.92 Å². The fourth-order valence-corrected chi connectivity index (χ4v) is 1.66. The molecule has 0 aliphatic heterocycles. The van der Waals surface area contributed by atoms with Crippen LogP contribution in [0.25, 0.3) is 11.3 Å². The zero-order chi connectivity index (χ0) is 12.3. The van der Waals surface area contributed by atoms with E-state index in [4.69, 9.17) is 10.00 Å². The number of aryl methyl sites for hydroxylation is 1. The standard InChI is InChI=1S/C13H13N3O/c1-3-17-12-6-4-10(5-7-12)13-11(8-14)9-16(2)15-13/h4-7,9H,3H2,1-2H3. The molecule has 0 unspecified atom stereocenters. The van der Waals surface area contributed by atoms with E-state index in [2.05, 4.69) is 11.2 Å². The quantitative estimate of drug-likeness (QED) is 0.808. The molecule has 0 radical (unpaired) electrons. The molecule has 17 heavy (non-hydrogen) atoms. The number of rotatable bonds is 3. The van der Waals surface area contributed by atoms with Crippen LogP contribution in [0.1, 0.15) is 12.5 Å². The third-order valence-electron chi connectivity index (χ3n) is 2.39. The van der Waals surface area contributed by atoms with Gasteiger partial charge in [0, 0.05) is 18.8 Å². The van der Waals surface area contributed by atoms with Gasteiger partial charge in [-0.3, -0.25) is 4.68 Å². The summed E-state index contributed by atoms with van der Waals surface area (Å²) in [7, 11) is 1.80. The number of aromatic nitrogens is 2. The summed E-state index contributed by atoms with van der Waals surface area (Å²) in [6.45, 7) is 2.59.